The molecule has 0 bridgehead atoms. The minimum atomic E-state index is -0.734. The van der Waals surface area contributed by atoms with Crippen molar-refractivity contribution < 1.29 is 14.6 Å². The van der Waals surface area contributed by atoms with E-state index in [1.807, 2.05) is 12.1 Å². The molecule has 1 aliphatic rings. The van der Waals surface area contributed by atoms with Gasteiger partial charge >= 0.3 is 5.97 Å². The molecule has 2 rings (SSSR count). The van der Waals surface area contributed by atoms with Crippen LogP contribution in [0.25, 0.3) is 0 Å². The zero-order chi connectivity index (χ0) is 14.8. The van der Waals surface area contributed by atoms with Gasteiger partial charge in [-0.1, -0.05) is 35.0 Å². The van der Waals surface area contributed by atoms with Gasteiger partial charge in [0, 0.05) is 9.89 Å². The molecule has 0 radical (unpaired) electrons. The van der Waals surface area contributed by atoms with E-state index >= 15 is 0 Å². The molecule has 0 aliphatic carbocycles. The summed E-state index contributed by atoms with van der Waals surface area (Å²) in [4.78, 5) is 11.0. The lowest BCUT2D eigenvalue weighted by Gasteiger charge is -2.44. The van der Waals surface area contributed by atoms with Crippen LogP contribution in [-0.2, 0) is 15.1 Å². The van der Waals surface area contributed by atoms with Gasteiger partial charge in [0.2, 0.25) is 0 Å². The van der Waals surface area contributed by atoms with Crippen LogP contribution in [0.15, 0.2) is 28.7 Å². The Kier molecular flexibility index (Phi) is 4.55. The van der Waals surface area contributed by atoms with E-state index in [-0.39, 0.29) is 17.4 Å². The summed E-state index contributed by atoms with van der Waals surface area (Å²) in [6, 6.07) is 8.17. The molecule has 1 N–H and O–H groups in total. The van der Waals surface area contributed by atoms with Gasteiger partial charge in [0.25, 0.3) is 0 Å². The quantitative estimate of drug-likeness (QED) is 0.886. The van der Waals surface area contributed by atoms with Gasteiger partial charge in [-0.25, -0.2) is 0 Å². The fourth-order valence-electron chi connectivity index (χ4n) is 2.85. The van der Waals surface area contributed by atoms with E-state index in [0.717, 1.165) is 29.3 Å². The second-order valence-corrected chi connectivity index (χ2v) is 6.87. The Morgan fingerprint density at radius 2 is 2.00 bits per heavy atom. The van der Waals surface area contributed by atoms with E-state index in [4.69, 9.17) is 9.84 Å². The molecule has 0 aromatic heterocycles. The van der Waals surface area contributed by atoms with Crippen molar-refractivity contribution in [2.75, 3.05) is 6.61 Å². The molecule has 3 nitrogen and oxygen atoms in total. The monoisotopic (exact) mass is 340 g/mol. The van der Waals surface area contributed by atoms with Crippen LogP contribution in [0.3, 0.4) is 0 Å². The van der Waals surface area contributed by atoms with Gasteiger partial charge in [-0.3, -0.25) is 4.79 Å². The topological polar surface area (TPSA) is 46.5 Å². The fraction of sp³-hybridized carbons (Fsp3) is 0.562. The van der Waals surface area contributed by atoms with Crippen LogP contribution >= 0.6 is 15.9 Å². The number of carbonyl (C=O) groups is 1. The number of carboxylic acids is 1. The summed E-state index contributed by atoms with van der Waals surface area (Å²) in [6.07, 6.45) is 2.79. The fourth-order valence-corrected chi connectivity index (χ4v) is 3.12. The van der Waals surface area contributed by atoms with Crippen LogP contribution in [0.4, 0.5) is 0 Å². The maximum Gasteiger partial charge on any atom is 0.303 e. The molecule has 1 aliphatic heterocycles. The zero-order valence-corrected chi connectivity index (χ0v) is 13.6. The second-order valence-electron chi connectivity index (χ2n) is 5.95. The Morgan fingerprint density at radius 1 is 1.35 bits per heavy atom. The Morgan fingerprint density at radius 3 is 2.45 bits per heavy atom. The average molecular weight is 341 g/mol. The molecule has 1 saturated heterocycles. The van der Waals surface area contributed by atoms with E-state index in [1.54, 1.807) is 0 Å². The van der Waals surface area contributed by atoms with Crippen molar-refractivity contribution in [3.63, 3.8) is 0 Å². The number of carboxylic acid groups (broad SMARTS) is 1. The van der Waals surface area contributed by atoms with Gasteiger partial charge in [0.1, 0.15) is 0 Å². The number of aliphatic carboxylic acids is 1. The van der Waals surface area contributed by atoms with Crippen molar-refractivity contribution in [1.29, 1.82) is 0 Å². The number of rotatable bonds is 4. The number of benzene rings is 1. The van der Waals surface area contributed by atoms with E-state index < -0.39 is 5.97 Å². The highest BCUT2D eigenvalue weighted by molar-refractivity contribution is 9.10. The van der Waals surface area contributed by atoms with Crippen LogP contribution in [0.2, 0.25) is 0 Å². The minimum absolute atomic E-state index is 0.194. The first kappa shape index (κ1) is 15.5. The molecule has 1 aromatic rings. The third-order valence-electron chi connectivity index (χ3n) is 4.56. The smallest absolute Gasteiger partial charge is 0.303 e. The SMILES string of the molecule is CCC1(CC(=O)O)CCC(C)(c2ccc(Br)cc2)OC1. The first-order valence-electron chi connectivity index (χ1n) is 7.01. The first-order chi connectivity index (χ1) is 9.39. The summed E-state index contributed by atoms with van der Waals surface area (Å²) in [7, 11) is 0. The molecule has 0 saturated carbocycles. The third kappa shape index (κ3) is 3.23. The van der Waals surface area contributed by atoms with E-state index in [0.29, 0.717) is 6.61 Å². The molecular formula is C16H21BrO3. The molecule has 20 heavy (non-hydrogen) atoms. The molecule has 2 atom stereocenters. The van der Waals surface area contributed by atoms with Gasteiger partial charge < -0.3 is 9.84 Å². The summed E-state index contributed by atoms with van der Waals surface area (Å²) in [6.45, 7) is 4.66. The van der Waals surface area contributed by atoms with Crippen molar-refractivity contribution in [3.05, 3.63) is 34.3 Å². The lowest BCUT2D eigenvalue weighted by molar-refractivity contribution is -0.155. The summed E-state index contributed by atoms with van der Waals surface area (Å²) in [5.41, 5.74) is 0.638. The zero-order valence-electron chi connectivity index (χ0n) is 12.0. The Bertz CT molecular complexity index is 473. The lowest BCUT2D eigenvalue weighted by atomic mass is 9.72. The number of hydrogen-bond donors (Lipinski definition) is 1. The van der Waals surface area contributed by atoms with Gasteiger partial charge in [-0.15, -0.1) is 0 Å². The minimum Gasteiger partial charge on any atom is -0.481 e. The largest absolute Gasteiger partial charge is 0.481 e. The second kappa shape index (κ2) is 5.86. The van der Waals surface area contributed by atoms with E-state index in [2.05, 4.69) is 41.9 Å². The maximum absolute atomic E-state index is 11.0. The van der Waals surface area contributed by atoms with Crippen LogP contribution in [0.1, 0.15) is 45.1 Å². The van der Waals surface area contributed by atoms with Crippen LogP contribution in [0.5, 0.6) is 0 Å². The maximum atomic E-state index is 11.0. The standard InChI is InChI=1S/C16H21BrO3/c1-3-16(10-14(18)19)9-8-15(2,20-11-16)12-4-6-13(17)7-5-12/h4-7H,3,8-11H2,1-2H3,(H,18,19). The Hall–Kier alpha value is -0.870. The van der Waals surface area contributed by atoms with Crippen molar-refractivity contribution in [2.45, 2.75) is 45.1 Å². The molecular weight excluding hydrogens is 320 g/mol. The van der Waals surface area contributed by atoms with Crippen LogP contribution < -0.4 is 0 Å². The lowest BCUT2D eigenvalue weighted by Crippen LogP contribution is -2.42. The predicted octanol–water partition coefficient (Wildman–Crippen LogP) is 4.35. The van der Waals surface area contributed by atoms with E-state index in [1.165, 1.54) is 0 Å². The number of ether oxygens (including phenoxy) is 1. The summed E-state index contributed by atoms with van der Waals surface area (Å²) in [5.74, 6) is -0.734. The van der Waals surface area contributed by atoms with Crippen molar-refractivity contribution in [3.8, 4) is 0 Å². The van der Waals surface area contributed by atoms with Gasteiger partial charge in [0.15, 0.2) is 0 Å². The highest BCUT2D eigenvalue weighted by Crippen LogP contribution is 2.45. The predicted molar refractivity (Wildman–Crippen MR) is 81.7 cm³/mol. The summed E-state index contributed by atoms with van der Waals surface area (Å²) in [5, 5.41) is 9.08. The van der Waals surface area contributed by atoms with E-state index in [9.17, 15) is 4.79 Å². The number of hydrogen-bond acceptors (Lipinski definition) is 2. The molecule has 4 heteroatoms. The summed E-state index contributed by atoms with van der Waals surface area (Å²) < 4.78 is 7.17. The van der Waals surface area contributed by atoms with Gasteiger partial charge in [-0.05, 0) is 43.9 Å². The summed E-state index contributed by atoms with van der Waals surface area (Å²) >= 11 is 3.44. The van der Waals surface area contributed by atoms with Gasteiger partial charge in [-0.2, -0.15) is 0 Å². The highest BCUT2D eigenvalue weighted by atomic mass is 79.9. The molecule has 2 unspecified atom stereocenters. The Balaban J connectivity index is 2.12. The third-order valence-corrected chi connectivity index (χ3v) is 5.09. The van der Waals surface area contributed by atoms with Crippen molar-refractivity contribution >= 4 is 21.9 Å². The highest BCUT2D eigenvalue weighted by Gasteiger charge is 2.42. The molecule has 1 heterocycles. The van der Waals surface area contributed by atoms with Crippen molar-refractivity contribution in [2.24, 2.45) is 5.41 Å². The van der Waals surface area contributed by atoms with Gasteiger partial charge in [0.05, 0.1) is 18.6 Å². The molecule has 0 amide bonds. The molecule has 0 spiro atoms. The average Bonchev–Trinajstić information content (AvgIpc) is 2.42. The normalized spacial score (nSPS) is 30.1. The Labute approximate surface area is 128 Å². The molecule has 1 fully saturated rings. The van der Waals surface area contributed by atoms with Crippen LogP contribution in [0, 0.1) is 5.41 Å². The van der Waals surface area contributed by atoms with Crippen molar-refractivity contribution in [1.82, 2.24) is 0 Å². The molecule has 1 aromatic carbocycles. The van der Waals surface area contributed by atoms with Crippen LogP contribution in [-0.4, -0.2) is 17.7 Å². The molecule has 110 valence electrons. The first-order valence-corrected chi connectivity index (χ1v) is 7.80. The number of halogens is 1.